The van der Waals surface area contributed by atoms with Crippen LogP contribution in [0, 0.1) is 6.92 Å². The standard InChI is InChI=1S/C18H22N4O2/c1-13-8-14(10-19)9-17(21-13)24-16-5-3-7-22(12-16)18(23)15-4-2-6-20-11-15/h2,4,6,8-9,11,16H,3,5,7,10,12,19H2,1H3/t16-/m0/s1. The van der Waals surface area contributed by atoms with Crippen LogP contribution in [0.3, 0.4) is 0 Å². The number of likely N-dealkylation sites (tertiary alicyclic amines) is 1. The van der Waals surface area contributed by atoms with Crippen molar-refractivity contribution in [1.29, 1.82) is 0 Å². The van der Waals surface area contributed by atoms with Gasteiger partial charge in [-0.05, 0) is 43.5 Å². The minimum atomic E-state index is -0.0562. The predicted molar refractivity (Wildman–Crippen MR) is 90.7 cm³/mol. The molecule has 126 valence electrons. The third-order valence-corrected chi connectivity index (χ3v) is 4.09. The number of carbonyl (C=O) groups excluding carboxylic acids is 1. The van der Waals surface area contributed by atoms with Crippen molar-refractivity contribution in [2.24, 2.45) is 5.73 Å². The van der Waals surface area contributed by atoms with Crippen molar-refractivity contribution in [2.75, 3.05) is 13.1 Å². The third kappa shape index (κ3) is 3.89. The van der Waals surface area contributed by atoms with E-state index in [-0.39, 0.29) is 12.0 Å². The summed E-state index contributed by atoms with van der Waals surface area (Å²) in [6.45, 7) is 3.67. The quantitative estimate of drug-likeness (QED) is 0.928. The monoisotopic (exact) mass is 326 g/mol. The lowest BCUT2D eigenvalue weighted by Crippen LogP contribution is -2.44. The summed E-state index contributed by atoms with van der Waals surface area (Å²) in [6.07, 6.45) is 5.02. The fourth-order valence-corrected chi connectivity index (χ4v) is 2.95. The van der Waals surface area contributed by atoms with Crippen molar-refractivity contribution >= 4 is 5.91 Å². The van der Waals surface area contributed by atoms with Crippen LogP contribution in [0.2, 0.25) is 0 Å². The van der Waals surface area contributed by atoms with Crippen LogP contribution in [-0.2, 0) is 6.54 Å². The van der Waals surface area contributed by atoms with E-state index in [1.54, 1.807) is 24.5 Å². The summed E-state index contributed by atoms with van der Waals surface area (Å²) in [4.78, 5) is 22.8. The van der Waals surface area contributed by atoms with Gasteiger partial charge >= 0.3 is 0 Å². The van der Waals surface area contributed by atoms with Crippen LogP contribution in [0.4, 0.5) is 0 Å². The van der Waals surface area contributed by atoms with E-state index in [0.717, 1.165) is 30.6 Å². The summed E-state index contributed by atoms with van der Waals surface area (Å²) in [6, 6.07) is 7.38. The minimum absolute atomic E-state index is 0.00347. The number of pyridine rings is 2. The van der Waals surface area contributed by atoms with Gasteiger partial charge in [0.1, 0.15) is 6.10 Å². The Morgan fingerprint density at radius 1 is 1.46 bits per heavy atom. The molecular formula is C18H22N4O2. The highest BCUT2D eigenvalue weighted by Crippen LogP contribution is 2.20. The molecule has 0 bridgehead atoms. The average Bonchev–Trinajstić information content (AvgIpc) is 2.61. The number of rotatable bonds is 4. The first kappa shape index (κ1) is 16.4. The van der Waals surface area contributed by atoms with Crippen molar-refractivity contribution < 1.29 is 9.53 Å². The first-order chi connectivity index (χ1) is 11.7. The second-order valence-electron chi connectivity index (χ2n) is 6.03. The Bertz CT molecular complexity index is 705. The number of piperidine rings is 1. The molecule has 1 amide bonds. The summed E-state index contributed by atoms with van der Waals surface area (Å²) < 4.78 is 6.02. The number of amides is 1. The number of carbonyl (C=O) groups is 1. The summed E-state index contributed by atoms with van der Waals surface area (Å²) in [7, 11) is 0. The van der Waals surface area contributed by atoms with E-state index in [1.165, 1.54) is 0 Å². The van der Waals surface area contributed by atoms with Crippen molar-refractivity contribution in [3.8, 4) is 5.88 Å². The van der Waals surface area contributed by atoms with Crippen LogP contribution in [0.15, 0.2) is 36.7 Å². The van der Waals surface area contributed by atoms with Gasteiger partial charge in [-0.15, -0.1) is 0 Å². The molecule has 0 spiro atoms. The Morgan fingerprint density at radius 3 is 3.08 bits per heavy atom. The molecule has 1 fully saturated rings. The summed E-state index contributed by atoms with van der Waals surface area (Å²) in [5.74, 6) is 0.576. The molecule has 0 aliphatic carbocycles. The Balaban J connectivity index is 1.68. The molecule has 1 aliphatic heterocycles. The number of hydrogen-bond donors (Lipinski definition) is 1. The lowest BCUT2D eigenvalue weighted by Gasteiger charge is -2.32. The van der Waals surface area contributed by atoms with Gasteiger partial charge in [-0.2, -0.15) is 0 Å². The van der Waals surface area contributed by atoms with Gasteiger partial charge < -0.3 is 15.4 Å². The Labute approximate surface area is 141 Å². The van der Waals surface area contributed by atoms with E-state index < -0.39 is 0 Å². The van der Waals surface area contributed by atoms with Crippen LogP contribution in [0.5, 0.6) is 5.88 Å². The molecule has 0 radical (unpaired) electrons. The van der Waals surface area contributed by atoms with E-state index >= 15 is 0 Å². The number of ether oxygens (including phenoxy) is 1. The Hall–Kier alpha value is -2.47. The van der Waals surface area contributed by atoms with E-state index in [2.05, 4.69) is 9.97 Å². The lowest BCUT2D eigenvalue weighted by molar-refractivity contribution is 0.0527. The van der Waals surface area contributed by atoms with Gasteiger partial charge in [-0.3, -0.25) is 9.78 Å². The molecule has 24 heavy (non-hydrogen) atoms. The van der Waals surface area contributed by atoms with Crippen LogP contribution in [0.25, 0.3) is 0 Å². The SMILES string of the molecule is Cc1cc(CN)cc(O[C@H]2CCCN(C(=O)c3cccnc3)C2)n1. The fraction of sp³-hybridized carbons (Fsp3) is 0.389. The topological polar surface area (TPSA) is 81.3 Å². The molecular weight excluding hydrogens is 304 g/mol. The molecule has 6 heteroatoms. The van der Waals surface area contributed by atoms with Crippen LogP contribution >= 0.6 is 0 Å². The van der Waals surface area contributed by atoms with Gasteiger partial charge in [0.25, 0.3) is 5.91 Å². The number of nitrogens with zero attached hydrogens (tertiary/aromatic N) is 3. The van der Waals surface area contributed by atoms with Crippen molar-refractivity contribution in [3.05, 3.63) is 53.5 Å². The zero-order valence-corrected chi connectivity index (χ0v) is 13.8. The highest BCUT2D eigenvalue weighted by molar-refractivity contribution is 5.93. The molecule has 0 aromatic carbocycles. The van der Waals surface area contributed by atoms with E-state index in [0.29, 0.717) is 24.5 Å². The maximum atomic E-state index is 12.6. The first-order valence-electron chi connectivity index (χ1n) is 8.19. The average molecular weight is 326 g/mol. The number of aryl methyl sites for hydroxylation is 1. The normalized spacial score (nSPS) is 17.6. The number of nitrogens with two attached hydrogens (primary N) is 1. The van der Waals surface area contributed by atoms with Gasteiger partial charge in [0.05, 0.1) is 12.1 Å². The predicted octanol–water partition coefficient (Wildman–Crippen LogP) is 1.93. The van der Waals surface area contributed by atoms with Crippen molar-refractivity contribution in [2.45, 2.75) is 32.4 Å². The fourth-order valence-electron chi connectivity index (χ4n) is 2.95. The van der Waals surface area contributed by atoms with Crippen molar-refractivity contribution in [3.63, 3.8) is 0 Å². The van der Waals surface area contributed by atoms with Gasteiger partial charge in [0.2, 0.25) is 5.88 Å². The number of hydrogen-bond acceptors (Lipinski definition) is 5. The molecule has 1 aliphatic rings. The van der Waals surface area contributed by atoms with Crippen LogP contribution in [0.1, 0.15) is 34.5 Å². The molecule has 1 saturated heterocycles. The van der Waals surface area contributed by atoms with Gasteiger partial charge in [-0.1, -0.05) is 0 Å². The van der Waals surface area contributed by atoms with E-state index in [1.807, 2.05) is 24.0 Å². The third-order valence-electron chi connectivity index (χ3n) is 4.09. The molecule has 0 unspecified atom stereocenters. The summed E-state index contributed by atoms with van der Waals surface area (Å²) >= 11 is 0. The summed E-state index contributed by atoms with van der Waals surface area (Å²) in [5, 5.41) is 0. The lowest BCUT2D eigenvalue weighted by atomic mass is 10.1. The molecule has 1 atom stereocenters. The van der Waals surface area contributed by atoms with Gasteiger partial charge in [0.15, 0.2) is 0 Å². The van der Waals surface area contributed by atoms with Crippen LogP contribution < -0.4 is 10.5 Å². The molecule has 6 nitrogen and oxygen atoms in total. The van der Waals surface area contributed by atoms with Crippen LogP contribution in [-0.4, -0.2) is 40.0 Å². The number of aromatic nitrogens is 2. The molecule has 0 saturated carbocycles. The molecule has 2 aromatic heterocycles. The molecule has 3 rings (SSSR count). The zero-order valence-electron chi connectivity index (χ0n) is 13.8. The van der Waals surface area contributed by atoms with E-state index in [9.17, 15) is 4.79 Å². The maximum absolute atomic E-state index is 12.6. The molecule has 2 N–H and O–H groups in total. The van der Waals surface area contributed by atoms with Gasteiger partial charge in [-0.25, -0.2) is 4.98 Å². The second-order valence-corrected chi connectivity index (χ2v) is 6.03. The second kappa shape index (κ2) is 7.40. The first-order valence-corrected chi connectivity index (χ1v) is 8.19. The molecule has 2 aromatic rings. The highest BCUT2D eigenvalue weighted by atomic mass is 16.5. The van der Waals surface area contributed by atoms with E-state index in [4.69, 9.17) is 10.5 Å². The Morgan fingerprint density at radius 2 is 2.33 bits per heavy atom. The highest BCUT2D eigenvalue weighted by Gasteiger charge is 2.26. The Kier molecular flexibility index (Phi) is 5.05. The van der Waals surface area contributed by atoms with Crippen molar-refractivity contribution in [1.82, 2.24) is 14.9 Å². The maximum Gasteiger partial charge on any atom is 0.255 e. The zero-order chi connectivity index (χ0) is 16.9. The molecule has 3 heterocycles. The smallest absolute Gasteiger partial charge is 0.255 e. The largest absolute Gasteiger partial charge is 0.472 e. The summed E-state index contributed by atoms with van der Waals surface area (Å²) in [5.41, 5.74) is 8.19. The van der Waals surface area contributed by atoms with Gasteiger partial charge in [0, 0.05) is 37.2 Å². The minimum Gasteiger partial charge on any atom is -0.472 e.